The second-order valence-corrected chi connectivity index (χ2v) is 6.26. The van der Waals surface area contributed by atoms with E-state index in [1.54, 1.807) is 0 Å². The van der Waals surface area contributed by atoms with Gasteiger partial charge in [-0.25, -0.2) is 0 Å². The maximum absolute atomic E-state index is 10.8. The Kier molecular flexibility index (Phi) is 4.78. The molecular formula is C16H17ClOS. The van der Waals surface area contributed by atoms with E-state index in [0.717, 1.165) is 24.0 Å². The minimum Gasteiger partial charge on any atom is -0.297 e. The Bertz CT molecular complexity index is 551. The lowest BCUT2D eigenvalue weighted by atomic mass is 9.80. The molecular weight excluding hydrogens is 276 g/mol. The topological polar surface area (TPSA) is 17.1 Å². The van der Waals surface area contributed by atoms with E-state index in [1.165, 1.54) is 34.5 Å². The van der Waals surface area contributed by atoms with Gasteiger partial charge in [-0.05, 0) is 54.8 Å². The van der Waals surface area contributed by atoms with E-state index in [1.807, 2.05) is 12.1 Å². The molecule has 0 bridgehead atoms. The van der Waals surface area contributed by atoms with Crippen LogP contribution in [0.2, 0.25) is 0 Å². The minimum absolute atomic E-state index is 0.432. The van der Waals surface area contributed by atoms with Gasteiger partial charge in [-0.2, -0.15) is 0 Å². The van der Waals surface area contributed by atoms with Gasteiger partial charge in [0.05, 0.1) is 4.88 Å². The Labute approximate surface area is 123 Å². The van der Waals surface area contributed by atoms with Crippen LogP contribution in [0, 0.1) is 0 Å². The van der Waals surface area contributed by atoms with Gasteiger partial charge in [0.15, 0.2) is 6.29 Å². The van der Waals surface area contributed by atoms with Crippen molar-refractivity contribution < 1.29 is 4.79 Å². The zero-order valence-corrected chi connectivity index (χ0v) is 12.6. The Morgan fingerprint density at radius 1 is 1.58 bits per heavy atom. The third-order valence-electron chi connectivity index (χ3n) is 3.59. The smallest absolute Gasteiger partial charge is 0.160 e. The number of rotatable bonds is 4. The maximum atomic E-state index is 10.8. The summed E-state index contributed by atoms with van der Waals surface area (Å²) in [7, 11) is 0. The molecule has 0 N–H and O–H groups in total. The van der Waals surface area contributed by atoms with Gasteiger partial charge in [-0.1, -0.05) is 29.8 Å². The first-order valence-corrected chi connectivity index (χ1v) is 7.63. The number of thiophene rings is 1. The van der Waals surface area contributed by atoms with Crippen LogP contribution in [0.4, 0.5) is 0 Å². The summed E-state index contributed by atoms with van der Waals surface area (Å²) in [6.45, 7) is 5.85. The van der Waals surface area contributed by atoms with E-state index in [-0.39, 0.29) is 0 Å². The molecule has 0 aliphatic heterocycles. The highest BCUT2D eigenvalue weighted by Gasteiger charge is 2.21. The molecule has 1 heterocycles. The summed E-state index contributed by atoms with van der Waals surface area (Å²) >= 11 is 7.30. The van der Waals surface area contributed by atoms with Crippen LogP contribution in [0.3, 0.4) is 0 Å². The fourth-order valence-corrected chi connectivity index (χ4v) is 3.40. The summed E-state index contributed by atoms with van der Waals surface area (Å²) in [5, 5.41) is 2.66. The summed E-state index contributed by atoms with van der Waals surface area (Å²) < 4.78 is 0. The van der Waals surface area contributed by atoms with Crippen LogP contribution in [-0.4, -0.2) is 6.29 Å². The normalized spacial score (nSPS) is 20.0. The molecule has 19 heavy (non-hydrogen) atoms. The summed E-state index contributed by atoms with van der Waals surface area (Å²) in [6, 6.07) is 2.01. The van der Waals surface area contributed by atoms with Gasteiger partial charge in [-0.15, -0.1) is 11.3 Å². The predicted molar refractivity (Wildman–Crippen MR) is 83.1 cm³/mol. The fraction of sp³-hybridized carbons (Fsp3) is 0.312. The van der Waals surface area contributed by atoms with Crippen molar-refractivity contribution in [3.05, 3.63) is 56.8 Å². The number of halogens is 1. The number of aldehydes is 1. The molecule has 1 atom stereocenters. The van der Waals surface area contributed by atoms with Crippen molar-refractivity contribution in [1.82, 2.24) is 0 Å². The van der Waals surface area contributed by atoms with Crippen LogP contribution in [0.15, 0.2) is 46.4 Å². The summed E-state index contributed by atoms with van der Waals surface area (Å²) in [4.78, 5) is 11.6. The van der Waals surface area contributed by atoms with Crippen molar-refractivity contribution in [2.24, 2.45) is 0 Å². The average molecular weight is 293 g/mol. The molecule has 0 radical (unpaired) electrons. The molecule has 3 heteroatoms. The first kappa shape index (κ1) is 14.3. The van der Waals surface area contributed by atoms with Gasteiger partial charge in [-0.3, -0.25) is 4.79 Å². The highest BCUT2D eigenvalue weighted by Crippen LogP contribution is 2.39. The molecule has 0 saturated carbocycles. The predicted octanol–water partition coefficient (Wildman–Crippen LogP) is 5.45. The molecule has 1 aromatic rings. The number of hydrogen-bond donors (Lipinski definition) is 0. The van der Waals surface area contributed by atoms with Gasteiger partial charge in [0.1, 0.15) is 0 Å². The highest BCUT2D eigenvalue weighted by atomic mass is 35.5. The van der Waals surface area contributed by atoms with Crippen molar-refractivity contribution in [2.45, 2.75) is 32.1 Å². The van der Waals surface area contributed by atoms with E-state index >= 15 is 0 Å². The average Bonchev–Trinajstić information content (AvgIpc) is 2.86. The highest BCUT2D eigenvalue weighted by molar-refractivity contribution is 7.11. The lowest BCUT2D eigenvalue weighted by molar-refractivity contribution is 0.112. The molecule has 1 unspecified atom stereocenters. The number of hydrogen-bond acceptors (Lipinski definition) is 2. The zero-order chi connectivity index (χ0) is 13.8. The van der Waals surface area contributed by atoms with Crippen LogP contribution in [0.5, 0.6) is 0 Å². The standard InChI is InChI=1S/C16H17ClOS/c1-11(17)6-7-13-4-3-5-16(12(13)2)14-8-15(9-18)19-10-14/h6-10,16H,1,3-5H2,2H3/b7-6-. The van der Waals surface area contributed by atoms with E-state index in [0.29, 0.717) is 11.0 Å². The molecule has 0 spiro atoms. The van der Waals surface area contributed by atoms with Gasteiger partial charge < -0.3 is 0 Å². The van der Waals surface area contributed by atoms with Crippen molar-refractivity contribution in [2.75, 3.05) is 0 Å². The van der Waals surface area contributed by atoms with E-state index in [4.69, 9.17) is 11.6 Å². The summed E-state index contributed by atoms with van der Waals surface area (Å²) in [5.74, 6) is 0.432. The third-order valence-corrected chi connectivity index (χ3v) is 4.59. The van der Waals surface area contributed by atoms with Crippen LogP contribution >= 0.6 is 22.9 Å². The largest absolute Gasteiger partial charge is 0.297 e. The Hall–Kier alpha value is -1.12. The molecule has 0 saturated heterocycles. The van der Waals surface area contributed by atoms with E-state index in [2.05, 4.69) is 25.0 Å². The lowest BCUT2D eigenvalue weighted by Crippen LogP contribution is -2.07. The van der Waals surface area contributed by atoms with Crippen molar-refractivity contribution >= 4 is 29.2 Å². The van der Waals surface area contributed by atoms with Crippen molar-refractivity contribution in [3.63, 3.8) is 0 Å². The lowest BCUT2D eigenvalue weighted by Gasteiger charge is -2.25. The van der Waals surface area contributed by atoms with Crippen LogP contribution < -0.4 is 0 Å². The molecule has 1 aromatic heterocycles. The molecule has 1 aliphatic rings. The van der Waals surface area contributed by atoms with Crippen LogP contribution in [-0.2, 0) is 0 Å². The van der Waals surface area contributed by atoms with Gasteiger partial charge >= 0.3 is 0 Å². The summed E-state index contributed by atoms with van der Waals surface area (Å²) in [5.41, 5.74) is 3.99. The zero-order valence-electron chi connectivity index (χ0n) is 11.0. The molecule has 2 rings (SSSR count). The number of allylic oxidation sites excluding steroid dienone is 5. The third kappa shape index (κ3) is 3.46. The van der Waals surface area contributed by atoms with E-state index in [9.17, 15) is 4.79 Å². The number of carbonyl (C=O) groups is 1. The molecule has 0 aromatic carbocycles. The summed E-state index contributed by atoms with van der Waals surface area (Å²) in [6.07, 6.45) is 8.27. The second-order valence-electron chi connectivity index (χ2n) is 4.83. The molecule has 0 amide bonds. The molecule has 1 nitrogen and oxygen atoms in total. The van der Waals surface area contributed by atoms with Crippen molar-refractivity contribution in [3.8, 4) is 0 Å². The number of carbonyl (C=O) groups excluding carboxylic acids is 1. The first-order chi connectivity index (χ1) is 9.11. The van der Waals surface area contributed by atoms with E-state index < -0.39 is 0 Å². The Morgan fingerprint density at radius 2 is 2.37 bits per heavy atom. The Balaban J connectivity index is 2.28. The van der Waals surface area contributed by atoms with Crippen LogP contribution in [0.25, 0.3) is 0 Å². The monoisotopic (exact) mass is 292 g/mol. The quantitative estimate of drug-likeness (QED) is 0.532. The second kappa shape index (κ2) is 6.36. The molecule has 1 aliphatic carbocycles. The van der Waals surface area contributed by atoms with Crippen molar-refractivity contribution in [1.29, 1.82) is 0 Å². The van der Waals surface area contributed by atoms with Crippen LogP contribution in [0.1, 0.15) is 47.3 Å². The van der Waals surface area contributed by atoms with Gasteiger partial charge in [0.2, 0.25) is 0 Å². The SMILES string of the molecule is C=C(Cl)/C=C\C1=C(C)C(c2csc(C=O)c2)CCC1. The molecule has 0 fully saturated rings. The molecule has 100 valence electrons. The Morgan fingerprint density at radius 3 is 3.00 bits per heavy atom. The van der Waals surface area contributed by atoms with Gasteiger partial charge in [0, 0.05) is 11.0 Å². The van der Waals surface area contributed by atoms with Gasteiger partial charge in [0.25, 0.3) is 0 Å². The minimum atomic E-state index is 0.432. The fourth-order valence-electron chi connectivity index (χ4n) is 2.57. The maximum Gasteiger partial charge on any atom is 0.160 e. The first-order valence-electron chi connectivity index (χ1n) is 6.37.